The predicted octanol–water partition coefficient (Wildman–Crippen LogP) is 0.706. The van der Waals surface area contributed by atoms with E-state index in [2.05, 4.69) is 0 Å². The highest BCUT2D eigenvalue weighted by molar-refractivity contribution is 8.14. The summed E-state index contributed by atoms with van der Waals surface area (Å²) in [5, 5.41) is 0. The van der Waals surface area contributed by atoms with Crippen LogP contribution in [0.2, 0.25) is 0 Å². The summed E-state index contributed by atoms with van der Waals surface area (Å²) in [6.07, 6.45) is 0. The monoisotopic (exact) mass is 304 g/mol. The van der Waals surface area contributed by atoms with E-state index in [0.29, 0.717) is 0 Å². The molecule has 10 heteroatoms. The summed E-state index contributed by atoms with van der Waals surface area (Å²) >= 11 is 0. The molecule has 4 N–H and O–H groups in total. The number of rotatable bonds is 2. The maximum atomic E-state index is 11.1. The number of nitrogens with two attached hydrogens (primary N) is 2. The minimum Gasteiger partial charge on any atom is -0.398 e. The van der Waals surface area contributed by atoms with Crippen molar-refractivity contribution in [2.75, 3.05) is 11.5 Å². The molecule has 1 rings (SSSR count). The average molecular weight is 305 g/mol. The van der Waals surface area contributed by atoms with Gasteiger partial charge in [0.15, 0.2) is 0 Å². The van der Waals surface area contributed by atoms with Crippen LogP contribution in [0, 0.1) is 0 Å². The lowest BCUT2D eigenvalue weighted by atomic mass is 10.3. The van der Waals surface area contributed by atoms with Gasteiger partial charge in [-0.2, -0.15) is 0 Å². The fourth-order valence-electron chi connectivity index (χ4n) is 1.02. The van der Waals surface area contributed by atoms with Gasteiger partial charge in [0.05, 0.1) is 11.4 Å². The largest absolute Gasteiger partial charge is 0.398 e. The Morgan fingerprint density at radius 3 is 1.38 bits per heavy atom. The Bertz CT molecular complexity index is 585. The molecule has 0 unspecified atom stereocenters. The van der Waals surface area contributed by atoms with E-state index in [1.165, 1.54) is 0 Å². The third-order valence-corrected chi connectivity index (χ3v) is 4.42. The number of hydrogen-bond donors (Lipinski definition) is 2. The van der Waals surface area contributed by atoms with Crippen molar-refractivity contribution < 1.29 is 16.8 Å². The van der Waals surface area contributed by atoms with Gasteiger partial charge in [0.2, 0.25) is 0 Å². The lowest BCUT2D eigenvalue weighted by Crippen LogP contribution is -2.05. The summed E-state index contributed by atoms with van der Waals surface area (Å²) in [7, 11) is 1.77. The van der Waals surface area contributed by atoms with Crippen molar-refractivity contribution in [3.8, 4) is 0 Å². The molecular weight excluding hydrogens is 299 g/mol. The van der Waals surface area contributed by atoms with Crippen molar-refractivity contribution in [2.24, 2.45) is 0 Å². The van der Waals surface area contributed by atoms with Crippen LogP contribution in [0.25, 0.3) is 0 Å². The molecule has 0 saturated carbocycles. The fraction of sp³-hybridized carbons (Fsp3) is 0. The number of hydrogen-bond acceptors (Lipinski definition) is 6. The molecule has 0 atom stereocenters. The molecule has 0 bridgehead atoms. The van der Waals surface area contributed by atoms with Crippen molar-refractivity contribution in [2.45, 2.75) is 9.79 Å². The summed E-state index contributed by atoms with van der Waals surface area (Å²) in [5.74, 6) is 0. The maximum absolute atomic E-state index is 11.1. The molecule has 0 aliphatic heterocycles. The molecule has 0 radical (unpaired) electrons. The molecule has 1 aromatic rings. The zero-order valence-corrected chi connectivity index (χ0v) is 10.7. The average Bonchev–Trinajstić information content (AvgIpc) is 1.97. The summed E-state index contributed by atoms with van der Waals surface area (Å²) in [6.45, 7) is 0. The molecule has 16 heavy (non-hydrogen) atoms. The first-order valence-electron chi connectivity index (χ1n) is 3.62. The van der Waals surface area contributed by atoms with Gasteiger partial charge in [0.25, 0.3) is 18.1 Å². The van der Waals surface area contributed by atoms with Crippen molar-refractivity contribution in [1.82, 2.24) is 0 Å². The highest BCUT2D eigenvalue weighted by Crippen LogP contribution is 2.31. The topological polar surface area (TPSA) is 120 Å². The fourth-order valence-corrected chi connectivity index (χ4v) is 3.09. The molecule has 0 heterocycles. The second-order valence-corrected chi connectivity index (χ2v) is 7.87. The van der Waals surface area contributed by atoms with E-state index in [1.54, 1.807) is 0 Å². The minimum atomic E-state index is -4.16. The van der Waals surface area contributed by atoms with Crippen LogP contribution in [0.3, 0.4) is 0 Å². The Morgan fingerprint density at radius 1 is 0.812 bits per heavy atom. The quantitative estimate of drug-likeness (QED) is 0.613. The van der Waals surface area contributed by atoms with E-state index in [9.17, 15) is 16.8 Å². The Kier molecular flexibility index (Phi) is 3.30. The summed E-state index contributed by atoms with van der Waals surface area (Å²) < 4.78 is 44.2. The highest BCUT2D eigenvalue weighted by Gasteiger charge is 2.22. The third kappa shape index (κ3) is 2.70. The second kappa shape index (κ2) is 3.95. The van der Waals surface area contributed by atoms with Crippen molar-refractivity contribution in [3.05, 3.63) is 12.1 Å². The summed E-state index contributed by atoms with van der Waals surface area (Å²) in [4.78, 5) is -1.11. The molecule has 0 amide bonds. The van der Waals surface area contributed by atoms with Crippen molar-refractivity contribution in [3.63, 3.8) is 0 Å². The van der Waals surface area contributed by atoms with Crippen LogP contribution < -0.4 is 11.5 Å². The van der Waals surface area contributed by atoms with Gasteiger partial charge in [0.1, 0.15) is 9.79 Å². The van der Waals surface area contributed by atoms with Crippen LogP contribution in [0.4, 0.5) is 11.4 Å². The van der Waals surface area contributed by atoms with E-state index in [-0.39, 0.29) is 11.4 Å². The van der Waals surface area contributed by atoms with Gasteiger partial charge in [-0.05, 0) is 12.1 Å². The molecule has 0 aromatic heterocycles. The minimum absolute atomic E-state index is 0.253. The molecule has 0 saturated heterocycles. The Balaban J connectivity index is 3.72. The van der Waals surface area contributed by atoms with Crippen molar-refractivity contribution in [1.29, 1.82) is 0 Å². The van der Waals surface area contributed by atoms with Crippen LogP contribution in [0.1, 0.15) is 0 Å². The number of nitrogen functional groups attached to an aromatic ring is 2. The van der Waals surface area contributed by atoms with Crippen LogP contribution >= 0.6 is 21.4 Å². The van der Waals surface area contributed by atoms with Crippen molar-refractivity contribution >= 4 is 50.8 Å². The van der Waals surface area contributed by atoms with Gasteiger partial charge in [0, 0.05) is 21.4 Å². The predicted molar refractivity (Wildman–Crippen MR) is 61.3 cm³/mol. The van der Waals surface area contributed by atoms with Gasteiger partial charge in [-0.3, -0.25) is 0 Å². The molecule has 6 nitrogen and oxygen atoms in total. The van der Waals surface area contributed by atoms with Crippen LogP contribution in [-0.2, 0) is 18.1 Å². The first-order valence-corrected chi connectivity index (χ1v) is 8.23. The first kappa shape index (κ1) is 13.4. The standard InChI is InChI=1S/C6H6Cl2N2O4S2/c7-15(11,12)5-2-6(16(8,13)14)4(10)1-3(5)9/h1-2H,9-10H2. The van der Waals surface area contributed by atoms with Crippen LogP contribution in [0.5, 0.6) is 0 Å². The first-order chi connectivity index (χ1) is 7.03. The van der Waals surface area contributed by atoms with Crippen LogP contribution in [-0.4, -0.2) is 16.8 Å². The zero-order valence-electron chi connectivity index (χ0n) is 7.51. The molecule has 1 aromatic carbocycles. The van der Waals surface area contributed by atoms with Gasteiger partial charge in [-0.15, -0.1) is 0 Å². The van der Waals surface area contributed by atoms with E-state index < -0.39 is 27.9 Å². The molecule has 0 aliphatic carbocycles. The summed E-state index contributed by atoms with van der Waals surface area (Å²) in [5.41, 5.74) is 10.2. The number of anilines is 2. The highest BCUT2D eigenvalue weighted by atomic mass is 35.7. The molecule has 90 valence electrons. The van der Waals surface area contributed by atoms with Gasteiger partial charge in [-0.25, -0.2) is 16.8 Å². The Morgan fingerprint density at radius 2 is 1.12 bits per heavy atom. The zero-order chi connectivity index (χ0) is 12.7. The van der Waals surface area contributed by atoms with Crippen LogP contribution in [0.15, 0.2) is 21.9 Å². The molecule has 0 fully saturated rings. The lowest BCUT2D eigenvalue weighted by Gasteiger charge is -2.07. The second-order valence-electron chi connectivity index (χ2n) is 2.80. The smallest absolute Gasteiger partial charge is 0.263 e. The number of halogens is 2. The molecule has 0 aliphatic rings. The lowest BCUT2D eigenvalue weighted by molar-refractivity contribution is 0.608. The summed E-state index contributed by atoms with van der Waals surface area (Å²) in [6, 6.07) is 1.68. The van der Waals surface area contributed by atoms with E-state index in [0.717, 1.165) is 12.1 Å². The SMILES string of the molecule is Nc1cc(N)c(S(=O)(=O)Cl)cc1S(=O)(=O)Cl. The van der Waals surface area contributed by atoms with E-state index >= 15 is 0 Å². The Labute approximate surface area is 101 Å². The third-order valence-electron chi connectivity index (χ3n) is 1.67. The van der Waals surface area contributed by atoms with Gasteiger partial charge < -0.3 is 11.5 Å². The van der Waals surface area contributed by atoms with Gasteiger partial charge in [-0.1, -0.05) is 0 Å². The normalized spacial score (nSPS) is 12.6. The number of benzene rings is 1. The van der Waals surface area contributed by atoms with E-state index in [1.807, 2.05) is 0 Å². The maximum Gasteiger partial charge on any atom is 0.263 e. The molecule has 0 spiro atoms. The Hall–Kier alpha value is -0.700. The van der Waals surface area contributed by atoms with Gasteiger partial charge >= 0.3 is 0 Å². The molecular formula is C6H6Cl2N2O4S2. The van der Waals surface area contributed by atoms with E-state index in [4.69, 9.17) is 32.8 Å².